The molecule has 0 atom stereocenters. The molecule has 2 heterocycles. The van der Waals surface area contributed by atoms with Gasteiger partial charge in [-0.15, -0.1) is 11.3 Å². The molecule has 0 aliphatic heterocycles. The molecule has 8 heteroatoms. The summed E-state index contributed by atoms with van der Waals surface area (Å²) < 4.78 is 11.0. The molecule has 1 N–H and O–H groups in total. The smallest absolute Gasteiger partial charge is 0.270 e. The lowest BCUT2D eigenvalue weighted by Gasteiger charge is -2.28. The largest absolute Gasteiger partial charge is 0.480 e. The first-order chi connectivity index (χ1) is 14.2. The number of hydrogen-bond acceptors (Lipinski definition) is 7. The van der Waals surface area contributed by atoms with E-state index in [4.69, 9.17) is 9.47 Å². The average molecular weight is 410 g/mol. The molecule has 0 bridgehead atoms. The van der Waals surface area contributed by atoms with Crippen molar-refractivity contribution >= 4 is 17.2 Å². The summed E-state index contributed by atoms with van der Waals surface area (Å²) in [4.78, 5) is 25.4. The van der Waals surface area contributed by atoms with Crippen molar-refractivity contribution in [1.82, 2.24) is 20.3 Å². The summed E-state index contributed by atoms with van der Waals surface area (Å²) >= 11 is 1.48. The fourth-order valence-corrected chi connectivity index (χ4v) is 4.14. The fourth-order valence-electron chi connectivity index (χ4n) is 3.33. The van der Waals surface area contributed by atoms with E-state index in [1.165, 1.54) is 11.3 Å². The van der Waals surface area contributed by atoms with Crippen LogP contribution in [0.2, 0.25) is 0 Å². The number of hydrogen-bond donors (Lipinski definition) is 1. The van der Waals surface area contributed by atoms with Crippen molar-refractivity contribution in [1.29, 1.82) is 0 Å². The standard InChI is InChI=1S/C21H22N4O3S/c1-27-18-11-22-12-19(25-18)28-16-9-7-15(8-10-16)23-20(26)17-13-29-21(24-17)14-5-3-2-4-6-14/h2-6,11-13,15-16H,7-10H2,1H3,(H,23,26). The second-order valence-electron chi connectivity index (χ2n) is 6.87. The summed E-state index contributed by atoms with van der Waals surface area (Å²) in [7, 11) is 1.55. The number of methoxy groups -OCH3 is 1. The van der Waals surface area contributed by atoms with E-state index in [0.717, 1.165) is 36.3 Å². The van der Waals surface area contributed by atoms with E-state index in [1.807, 2.05) is 35.7 Å². The Balaban J connectivity index is 1.28. The Bertz CT molecular complexity index is 955. The zero-order valence-corrected chi connectivity index (χ0v) is 16.9. The van der Waals surface area contributed by atoms with E-state index in [9.17, 15) is 4.79 Å². The van der Waals surface area contributed by atoms with Crippen LogP contribution in [0.15, 0.2) is 48.1 Å². The molecule has 3 aromatic rings. The number of nitrogens with one attached hydrogen (secondary N) is 1. The molecule has 1 aliphatic rings. The average Bonchev–Trinajstić information content (AvgIpc) is 3.26. The number of rotatable bonds is 6. The summed E-state index contributed by atoms with van der Waals surface area (Å²) in [6.45, 7) is 0. The number of benzene rings is 1. The molecular weight excluding hydrogens is 388 g/mol. The minimum atomic E-state index is -0.119. The van der Waals surface area contributed by atoms with E-state index in [-0.39, 0.29) is 18.1 Å². The zero-order valence-electron chi connectivity index (χ0n) is 16.1. The van der Waals surface area contributed by atoms with Crippen molar-refractivity contribution in [3.8, 4) is 22.3 Å². The van der Waals surface area contributed by atoms with E-state index >= 15 is 0 Å². The molecule has 1 amide bonds. The number of aromatic nitrogens is 3. The van der Waals surface area contributed by atoms with Crippen LogP contribution in [0.5, 0.6) is 11.8 Å². The van der Waals surface area contributed by atoms with E-state index < -0.39 is 0 Å². The third kappa shape index (κ3) is 4.89. The summed E-state index contributed by atoms with van der Waals surface area (Å²) in [5.41, 5.74) is 1.49. The second-order valence-corrected chi connectivity index (χ2v) is 7.73. The quantitative estimate of drug-likeness (QED) is 0.666. The summed E-state index contributed by atoms with van der Waals surface area (Å²) in [5, 5.41) is 5.77. The number of amides is 1. The van der Waals surface area contributed by atoms with Crippen LogP contribution in [-0.4, -0.2) is 40.1 Å². The van der Waals surface area contributed by atoms with E-state index in [2.05, 4.69) is 20.3 Å². The number of nitrogens with zero attached hydrogens (tertiary/aromatic N) is 3. The van der Waals surface area contributed by atoms with Gasteiger partial charge >= 0.3 is 0 Å². The highest BCUT2D eigenvalue weighted by Crippen LogP contribution is 2.25. The molecule has 0 spiro atoms. The molecule has 1 saturated carbocycles. The second kappa shape index (κ2) is 9.00. The van der Waals surface area contributed by atoms with Gasteiger partial charge in [0.25, 0.3) is 5.91 Å². The van der Waals surface area contributed by atoms with Gasteiger partial charge in [0.1, 0.15) is 16.8 Å². The minimum absolute atomic E-state index is 0.0634. The summed E-state index contributed by atoms with van der Waals surface area (Å²) in [6.07, 6.45) is 6.58. The molecule has 0 unspecified atom stereocenters. The molecule has 1 aliphatic carbocycles. The Kier molecular flexibility index (Phi) is 6.00. The van der Waals surface area contributed by atoms with Crippen LogP contribution in [0.3, 0.4) is 0 Å². The summed E-state index contributed by atoms with van der Waals surface area (Å²) in [5.74, 6) is 0.779. The van der Waals surface area contributed by atoms with Gasteiger partial charge in [0.2, 0.25) is 11.8 Å². The van der Waals surface area contributed by atoms with Gasteiger partial charge in [0.15, 0.2) is 0 Å². The number of carbonyl (C=O) groups excluding carboxylic acids is 1. The van der Waals surface area contributed by atoms with Gasteiger partial charge in [-0.05, 0) is 25.7 Å². The maximum Gasteiger partial charge on any atom is 0.270 e. The number of thiazole rings is 1. The maximum atomic E-state index is 12.6. The van der Waals surface area contributed by atoms with Crippen LogP contribution in [0.4, 0.5) is 0 Å². The molecule has 29 heavy (non-hydrogen) atoms. The first kappa shape index (κ1) is 19.3. The third-order valence-electron chi connectivity index (χ3n) is 4.85. The molecule has 150 valence electrons. The van der Waals surface area contributed by atoms with Crippen LogP contribution >= 0.6 is 11.3 Å². The molecule has 1 aromatic carbocycles. The summed E-state index contributed by atoms with van der Waals surface area (Å²) in [6, 6.07) is 10.0. The van der Waals surface area contributed by atoms with E-state index in [1.54, 1.807) is 19.5 Å². The lowest BCUT2D eigenvalue weighted by atomic mass is 9.93. The predicted octanol–water partition coefficient (Wildman–Crippen LogP) is 3.73. The van der Waals surface area contributed by atoms with Gasteiger partial charge in [-0.3, -0.25) is 9.78 Å². The highest BCUT2D eigenvalue weighted by molar-refractivity contribution is 7.13. The van der Waals surface area contributed by atoms with Crippen molar-refractivity contribution in [3.63, 3.8) is 0 Å². The molecule has 4 rings (SSSR count). The van der Waals surface area contributed by atoms with Gasteiger partial charge < -0.3 is 14.8 Å². The number of carbonyl (C=O) groups is 1. The highest BCUT2D eigenvalue weighted by Gasteiger charge is 2.25. The molecule has 1 fully saturated rings. The molecule has 7 nitrogen and oxygen atoms in total. The third-order valence-corrected chi connectivity index (χ3v) is 5.75. The van der Waals surface area contributed by atoms with Crippen molar-refractivity contribution < 1.29 is 14.3 Å². The Morgan fingerprint density at radius 3 is 2.59 bits per heavy atom. The van der Waals surface area contributed by atoms with Crippen LogP contribution < -0.4 is 14.8 Å². The monoisotopic (exact) mass is 410 g/mol. The lowest BCUT2D eigenvalue weighted by Crippen LogP contribution is -2.39. The minimum Gasteiger partial charge on any atom is -0.480 e. The predicted molar refractivity (Wildman–Crippen MR) is 110 cm³/mol. The molecule has 0 saturated heterocycles. The van der Waals surface area contributed by atoms with Crippen LogP contribution in [0, 0.1) is 0 Å². The van der Waals surface area contributed by atoms with Crippen LogP contribution in [0.1, 0.15) is 36.2 Å². The Morgan fingerprint density at radius 1 is 1.07 bits per heavy atom. The topological polar surface area (TPSA) is 86.2 Å². The van der Waals surface area contributed by atoms with Crippen molar-refractivity contribution in [3.05, 3.63) is 53.8 Å². The lowest BCUT2D eigenvalue weighted by molar-refractivity contribution is 0.0885. The van der Waals surface area contributed by atoms with Crippen molar-refractivity contribution in [2.75, 3.05) is 7.11 Å². The van der Waals surface area contributed by atoms with Gasteiger partial charge in [-0.25, -0.2) is 4.98 Å². The maximum absolute atomic E-state index is 12.6. The Morgan fingerprint density at radius 2 is 1.83 bits per heavy atom. The molecule has 0 radical (unpaired) electrons. The van der Waals surface area contributed by atoms with Gasteiger partial charge in [0.05, 0.1) is 19.5 Å². The molecule has 2 aromatic heterocycles. The van der Waals surface area contributed by atoms with Gasteiger partial charge in [-0.2, -0.15) is 4.98 Å². The number of ether oxygens (including phenoxy) is 2. The first-order valence-corrected chi connectivity index (χ1v) is 10.4. The van der Waals surface area contributed by atoms with Crippen molar-refractivity contribution in [2.45, 2.75) is 37.8 Å². The van der Waals surface area contributed by atoms with Crippen LogP contribution in [-0.2, 0) is 0 Å². The van der Waals surface area contributed by atoms with E-state index in [0.29, 0.717) is 17.5 Å². The Labute approximate surface area is 173 Å². The van der Waals surface area contributed by atoms with Crippen molar-refractivity contribution in [2.24, 2.45) is 0 Å². The van der Waals surface area contributed by atoms with Crippen LogP contribution in [0.25, 0.3) is 10.6 Å². The first-order valence-electron chi connectivity index (χ1n) is 9.56. The van der Waals surface area contributed by atoms with Gasteiger partial charge in [-0.1, -0.05) is 30.3 Å². The fraction of sp³-hybridized carbons (Fsp3) is 0.333. The SMILES string of the molecule is COc1cncc(OC2CCC(NC(=O)c3csc(-c4ccccc4)n3)CC2)n1. The Hall–Kier alpha value is -3.00. The highest BCUT2D eigenvalue weighted by atomic mass is 32.1. The zero-order chi connectivity index (χ0) is 20.1. The van der Waals surface area contributed by atoms with Gasteiger partial charge in [0, 0.05) is 17.0 Å². The molecular formula is C21H22N4O3S. The normalized spacial score (nSPS) is 18.8.